The number of carbonyl (C=O) groups is 1. The molecule has 0 amide bonds. The number of nitrogens with zero attached hydrogens (tertiary/aromatic N) is 2. The molecule has 0 aliphatic rings. The Balaban J connectivity index is 2.61. The standard InChI is InChI=1S/C16H19FN2O3S/c1-11(2)16-18-10-13(8-14(20)9-17)19(16)23(21,22)15-6-4-12(3)5-7-15/h4-7,10-11H,8-9H2,1-3H3. The summed E-state index contributed by atoms with van der Waals surface area (Å²) >= 11 is 0. The maximum atomic E-state index is 12.9. The van der Waals surface area contributed by atoms with Crippen LogP contribution in [0.15, 0.2) is 35.4 Å². The van der Waals surface area contributed by atoms with Crippen LogP contribution in [0.5, 0.6) is 0 Å². The molecule has 1 heterocycles. The summed E-state index contributed by atoms with van der Waals surface area (Å²) in [7, 11) is -3.89. The summed E-state index contributed by atoms with van der Waals surface area (Å²) in [5, 5.41) is 0. The summed E-state index contributed by atoms with van der Waals surface area (Å²) in [5.41, 5.74) is 1.11. The Kier molecular flexibility index (Phi) is 4.99. The highest BCUT2D eigenvalue weighted by atomic mass is 32.2. The van der Waals surface area contributed by atoms with Crippen LogP contribution in [0.1, 0.15) is 36.8 Å². The zero-order valence-electron chi connectivity index (χ0n) is 13.3. The molecule has 0 aliphatic carbocycles. The molecule has 0 N–H and O–H groups in total. The molecule has 0 aliphatic heterocycles. The molecule has 0 saturated heterocycles. The normalized spacial score (nSPS) is 11.9. The predicted octanol–water partition coefficient (Wildman–Crippen LogP) is 2.63. The van der Waals surface area contributed by atoms with Crippen LogP contribution in [0.4, 0.5) is 4.39 Å². The third-order valence-electron chi connectivity index (χ3n) is 3.42. The van der Waals surface area contributed by atoms with E-state index in [0.29, 0.717) is 5.82 Å². The van der Waals surface area contributed by atoms with Crippen molar-refractivity contribution in [2.75, 3.05) is 6.67 Å². The molecule has 2 rings (SSSR count). The largest absolute Gasteiger partial charge is 0.296 e. The van der Waals surface area contributed by atoms with E-state index in [9.17, 15) is 17.6 Å². The molecule has 2 aromatic rings. The fourth-order valence-electron chi connectivity index (χ4n) is 2.24. The second-order valence-electron chi connectivity index (χ2n) is 5.69. The molecule has 0 spiro atoms. The third kappa shape index (κ3) is 3.50. The Morgan fingerprint density at radius 2 is 1.87 bits per heavy atom. The number of hydrogen-bond donors (Lipinski definition) is 0. The van der Waals surface area contributed by atoms with Crippen LogP contribution in [-0.4, -0.2) is 29.8 Å². The fraction of sp³-hybridized carbons (Fsp3) is 0.375. The number of aromatic nitrogens is 2. The first-order valence-corrected chi connectivity index (χ1v) is 8.67. The van der Waals surface area contributed by atoms with E-state index < -0.39 is 22.5 Å². The number of rotatable bonds is 6. The molecule has 124 valence electrons. The number of imidazole rings is 1. The van der Waals surface area contributed by atoms with Crippen LogP contribution < -0.4 is 0 Å². The van der Waals surface area contributed by atoms with Gasteiger partial charge in [-0.15, -0.1) is 0 Å². The quantitative estimate of drug-likeness (QED) is 0.812. The highest BCUT2D eigenvalue weighted by Crippen LogP contribution is 2.23. The Labute approximate surface area is 135 Å². The summed E-state index contributed by atoms with van der Waals surface area (Å²) in [6, 6.07) is 6.42. The number of alkyl halides is 1. The summed E-state index contributed by atoms with van der Waals surface area (Å²) in [6.45, 7) is 4.35. The molecule has 0 unspecified atom stereocenters. The SMILES string of the molecule is Cc1ccc(S(=O)(=O)n2c(CC(=O)CF)cnc2C(C)C)cc1. The van der Waals surface area contributed by atoms with Gasteiger partial charge in [0.2, 0.25) is 0 Å². The average molecular weight is 338 g/mol. The van der Waals surface area contributed by atoms with Crippen LogP contribution in [0, 0.1) is 6.92 Å². The molecule has 5 nitrogen and oxygen atoms in total. The van der Waals surface area contributed by atoms with Crippen LogP contribution in [0.2, 0.25) is 0 Å². The van der Waals surface area contributed by atoms with Crippen molar-refractivity contribution in [1.29, 1.82) is 0 Å². The van der Waals surface area contributed by atoms with Crippen LogP contribution in [0.25, 0.3) is 0 Å². The molecular weight excluding hydrogens is 319 g/mol. The first-order valence-electron chi connectivity index (χ1n) is 7.23. The Bertz CT molecular complexity index is 808. The molecule has 1 aromatic heterocycles. The topological polar surface area (TPSA) is 69.0 Å². The van der Waals surface area contributed by atoms with Gasteiger partial charge in [-0.05, 0) is 19.1 Å². The minimum Gasteiger partial charge on any atom is -0.296 e. The van der Waals surface area contributed by atoms with Gasteiger partial charge in [-0.25, -0.2) is 21.8 Å². The van der Waals surface area contributed by atoms with Crippen molar-refractivity contribution in [2.24, 2.45) is 0 Å². The highest BCUT2D eigenvalue weighted by Gasteiger charge is 2.26. The lowest BCUT2D eigenvalue weighted by molar-refractivity contribution is -0.119. The maximum absolute atomic E-state index is 12.9. The number of hydrogen-bond acceptors (Lipinski definition) is 4. The van der Waals surface area contributed by atoms with Gasteiger partial charge in [0, 0.05) is 5.92 Å². The van der Waals surface area contributed by atoms with Gasteiger partial charge in [0.1, 0.15) is 12.5 Å². The number of benzene rings is 1. The van der Waals surface area contributed by atoms with Gasteiger partial charge in [0.25, 0.3) is 10.0 Å². The first-order chi connectivity index (χ1) is 10.8. The van der Waals surface area contributed by atoms with E-state index in [2.05, 4.69) is 4.98 Å². The molecule has 0 radical (unpaired) electrons. The summed E-state index contributed by atoms with van der Waals surface area (Å²) in [5.74, 6) is -0.516. The van der Waals surface area contributed by atoms with Gasteiger partial charge in [-0.3, -0.25) is 4.79 Å². The number of Topliss-reactive ketones (excluding diaryl/α,β-unsaturated/α-hetero) is 1. The van der Waals surface area contributed by atoms with Gasteiger partial charge >= 0.3 is 0 Å². The van der Waals surface area contributed by atoms with Crippen molar-refractivity contribution in [3.05, 3.63) is 47.5 Å². The van der Waals surface area contributed by atoms with Gasteiger partial charge in [-0.2, -0.15) is 0 Å². The molecule has 0 atom stereocenters. The number of ketones is 1. The Morgan fingerprint density at radius 3 is 2.39 bits per heavy atom. The van der Waals surface area contributed by atoms with E-state index in [-0.39, 0.29) is 22.9 Å². The van der Waals surface area contributed by atoms with E-state index in [1.165, 1.54) is 18.3 Å². The molecule has 7 heteroatoms. The van der Waals surface area contributed by atoms with Crippen molar-refractivity contribution in [3.8, 4) is 0 Å². The molecule has 0 saturated carbocycles. The number of halogens is 1. The van der Waals surface area contributed by atoms with Gasteiger partial charge < -0.3 is 0 Å². The molecule has 0 bridgehead atoms. The van der Waals surface area contributed by atoms with Crippen LogP contribution >= 0.6 is 0 Å². The monoisotopic (exact) mass is 338 g/mol. The summed E-state index contributed by atoms with van der Waals surface area (Å²) < 4.78 is 39.5. The molecular formula is C16H19FN2O3S. The zero-order valence-corrected chi connectivity index (χ0v) is 14.1. The van der Waals surface area contributed by atoms with Crippen molar-refractivity contribution >= 4 is 15.8 Å². The second kappa shape index (κ2) is 6.62. The van der Waals surface area contributed by atoms with Crippen molar-refractivity contribution in [2.45, 2.75) is 38.0 Å². The van der Waals surface area contributed by atoms with Gasteiger partial charge in [-0.1, -0.05) is 31.5 Å². The molecule has 0 fully saturated rings. The predicted molar refractivity (Wildman–Crippen MR) is 84.8 cm³/mol. The number of aryl methyl sites for hydroxylation is 1. The lowest BCUT2D eigenvalue weighted by atomic mass is 10.2. The lowest BCUT2D eigenvalue weighted by Gasteiger charge is -2.14. The smallest absolute Gasteiger partial charge is 0.269 e. The third-order valence-corrected chi connectivity index (χ3v) is 5.19. The van der Waals surface area contributed by atoms with E-state index in [0.717, 1.165) is 9.54 Å². The van der Waals surface area contributed by atoms with Crippen LogP contribution in [-0.2, 0) is 21.2 Å². The van der Waals surface area contributed by atoms with Gasteiger partial charge in [0.15, 0.2) is 5.78 Å². The van der Waals surface area contributed by atoms with E-state index in [1.807, 2.05) is 20.8 Å². The average Bonchev–Trinajstić information content (AvgIpc) is 2.92. The second-order valence-corrected chi connectivity index (χ2v) is 7.48. The van der Waals surface area contributed by atoms with E-state index in [4.69, 9.17) is 0 Å². The fourth-order valence-corrected chi connectivity index (χ4v) is 3.85. The lowest BCUT2D eigenvalue weighted by Crippen LogP contribution is -2.21. The Morgan fingerprint density at radius 1 is 1.26 bits per heavy atom. The molecule has 23 heavy (non-hydrogen) atoms. The van der Waals surface area contributed by atoms with Crippen molar-refractivity contribution < 1.29 is 17.6 Å². The molecule has 1 aromatic carbocycles. The first kappa shape index (κ1) is 17.3. The van der Waals surface area contributed by atoms with Gasteiger partial charge in [0.05, 0.1) is 23.2 Å². The van der Waals surface area contributed by atoms with Crippen molar-refractivity contribution in [1.82, 2.24) is 8.96 Å². The van der Waals surface area contributed by atoms with Crippen LogP contribution in [0.3, 0.4) is 0 Å². The maximum Gasteiger partial charge on any atom is 0.269 e. The minimum atomic E-state index is -3.89. The number of carbonyl (C=O) groups excluding carboxylic acids is 1. The van der Waals surface area contributed by atoms with E-state index in [1.54, 1.807) is 12.1 Å². The summed E-state index contributed by atoms with van der Waals surface area (Å²) in [6.07, 6.45) is 1.02. The van der Waals surface area contributed by atoms with E-state index >= 15 is 0 Å². The zero-order chi connectivity index (χ0) is 17.2. The van der Waals surface area contributed by atoms with Crippen molar-refractivity contribution in [3.63, 3.8) is 0 Å². The minimum absolute atomic E-state index is 0.108. The Hall–Kier alpha value is -2.02. The highest BCUT2D eigenvalue weighted by molar-refractivity contribution is 7.90. The summed E-state index contributed by atoms with van der Waals surface area (Å²) in [4.78, 5) is 15.6.